The van der Waals surface area contributed by atoms with E-state index in [9.17, 15) is 10.1 Å². The molecule has 7 heteroatoms. The van der Waals surface area contributed by atoms with Crippen LogP contribution in [0.4, 0.5) is 11.6 Å². The average molecular weight is 258 g/mol. The molecule has 0 spiro atoms. The molecule has 6 nitrogen and oxygen atoms in total. The number of hydrogen-bond acceptors (Lipinski definition) is 5. The summed E-state index contributed by atoms with van der Waals surface area (Å²) in [6.45, 7) is 6.56. The zero-order valence-corrected chi connectivity index (χ0v) is 11.6. The van der Waals surface area contributed by atoms with E-state index in [4.69, 9.17) is 0 Å². The average Bonchev–Trinajstić information content (AvgIpc) is 2.53. The molecule has 0 aliphatic carbocycles. The van der Waals surface area contributed by atoms with Crippen LogP contribution in [-0.2, 0) is 7.05 Å². The second kappa shape index (κ2) is 4.95. The predicted molar refractivity (Wildman–Crippen MR) is 70.7 cm³/mol. The van der Waals surface area contributed by atoms with Crippen LogP contribution in [0.2, 0.25) is 0 Å². The Labute approximate surface area is 105 Å². The summed E-state index contributed by atoms with van der Waals surface area (Å²) < 4.78 is 1.72. The first-order valence-electron chi connectivity index (χ1n) is 5.25. The molecule has 1 rings (SSSR count). The second-order valence-corrected chi connectivity index (χ2v) is 5.98. The maximum Gasteiger partial charge on any atom is 0.406 e. The molecule has 0 aliphatic heterocycles. The molecule has 1 aromatic heterocycles. The van der Waals surface area contributed by atoms with E-state index in [2.05, 4.69) is 24.1 Å². The van der Waals surface area contributed by atoms with Gasteiger partial charge in [0.1, 0.15) is 0 Å². The number of nitrogens with one attached hydrogen (secondary N) is 1. The molecule has 0 saturated carbocycles. The van der Waals surface area contributed by atoms with Crippen molar-refractivity contribution in [2.45, 2.75) is 25.5 Å². The molecule has 1 heterocycles. The Bertz CT molecular complexity index is 428. The molecule has 0 amide bonds. The maximum absolute atomic E-state index is 10.9. The quantitative estimate of drug-likeness (QED) is 0.647. The van der Waals surface area contributed by atoms with Gasteiger partial charge in [-0.2, -0.15) is 11.8 Å². The van der Waals surface area contributed by atoms with Crippen LogP contribution in [0.5, 0.6) is 0 Å². The number of aromatic nitrogens is 2. The number of aryl methyl sites for hydroxylation is 1. The lowest BCUT2D eigenvalue weighted by atomic mass is 10.2. The molecular weight excluding hydrogens is 240 g/mol. The van der Waals surface area contributed by atoms with E-state index in [-0.39, 0.29) is 10.6 Å². The van der Waals surface area contributed by atoms with Crippen LogP contribution in [0.25, 0.3) is 0 Å². The van der Waals surface area contributed by atoms with Gasteiger partial charge in [0.2, 0.25) is 11.6 Å². The van der Waals surface area contributed by atoms with Crippen LogP contribution < -0.4 is 5.32 Å². The Hall–Kier alpha value is -1.24. The molecule has 0 bridgehead atoms. The lowest BCUT2D eigenvalue weighted by molar-refractivity contribution is -0.388. The molecule has 0 fully saturated rings. The van der Waals surface area contributed by atoms with Gasteiger partial charge in [0.15, 0.2) is 0 Å². The van der Waals surface area contributed by atoms with Crippen molar-refractivity contribution in [1.29, 1.82) is 0 Å². The zero-order valence-electron chi connectivity index (χ0n) is 10.8. The molecule has 1 N–H and O–H groups in total. The number of thioether (sulfide) groups is 1. The Morgan fingerprint density at radius 3 is 2.65 bits per heavy atom. The summed E-state index contributed by atoms with van der Waals surface area (Å²) in [6.07, 6.45) is 2.02. The summed E-state index contributed by atoms with van der Waals surface area (Å²) in [7, 11) is 1.77. The summed E-state index contributed by atoms with van der Waals surface area (Å²) in [5.74, 6) is 0.984. The monoisotopic (exact) mass is 258 g/mol. The van der Waals surface area contributed by atoms with E-state index in [1.807, 2.05) is 6.26 Å². The molecule has 96 valence electrons. The Morgan fingerprint density at radius 1 is 1.59 bits per heavy atom. The first-order valence-corrected chi connectivity index (χ1v) is 6.47. The zero-order chi connectivity index (χ0) is 13.2. The first-order chi connectivity index (χ1) is 7.78. The van der Waals surface area contributed by atoms with Crippen LogP contribution >= 0.6 is 11.8 Å². The van der Waals surface area contributed by atoms with E-state index in [0.717, 1.165) is 0 Å². The van der Waals surface area contributed by atoms with Crippen molar-refractivity contribution in [3.8, 4) is 0 Å². The van der Waals surface area contributed by atoms with Crippen molar-refractivity contribution >= 4 is 23.4 Å². The smallest absolute Gasteiger partial charge is 0.363 e. The topological polar surface area (TPSA) is 73.0 Å². The van der Waals surface area contributed by atoms with Crippen molar-refractivity contribution < 1.29 is 4.92 Å². The Balaban J connectivity index is 2.94. The van der Waals surface area contributed by atoms with E-state index in [1.165, 1.54) is 0 Å². The third kappa shape index (κ3) is 3.12. The van der Waals surface area contributed by atoms with E-state index in [0.29, 0.717) is 18.2 Å². The van der Waals surface area contributed by atoms with Crippen LogP contribution in [0.15, 0.2) is 0 Å². The summed E-state index contributed by atoms with van der Waals surface area (Å²) in [4.78, 5) is 14.3. The highest BCUT2D eigenvalue weighted by molar-refractivity contribution is 7.99. The number of rotatable bonds is 5. The second-order valence-electron chi connectivity index (χ2n) is 4.46. The molecule has 17 heavy (non-hydrogen) atoms. The van der Waals surface area contributed by atoms with Gasteiger partial charge in [-0.3, -0.25) is 4.57 Å². The van der Waals surface area contributed by atoms with Crippen molar-refractivity contribution in [2.24, 2.45) is 7.05 Å². The number of imidazole rings is 1. The fourth-order valence-electron chi connectivity index (χ4n) is 1.29. The van der Waals surface area contributed by atoms with Crippen LogP contribution in [0.1, 0.15) is 19.7 Å². The van der Waals surface area contributed by atoms with E-state index in [1.54, 1.807) is 30.3 Å². The minimum absolute atomic E-state index is 0.0199. The summed E-state index contributed by atoms with van der Waals surface area (Å²) in [5.41, 5.74) is 0. The lowest BCUT2D eigenvalue weighted by Crippen LogP contribution is -2.26. The normalized spacial score (nSPS) is 11.6. The predicted octanol–water partition coefficient (Wildman–Crippen LogP) is 2.19. The molecule has 0 aliphatic rings. The number of hydrogen-bond donors (Lipinski definition) is 1. The van der Waals surface area contributed by atoms with Crippen LogP contribution in [-0.4, -0.2) is 32.0 Å². The van der Waals surface area contributed by atoms with E-state index >= 15 is 0 Å². The van der Waals surface area contributed by atoms with Gasteiger partial charge in [0.05, 0.1) is 0 Å². The Kier molecular flexibility index (Phi) is 4.03. The number of nitro groups is 1. The molecular formula is C10H18N4O2S. The van der Waals surface area contributed by atoms with Crippen molar-refractivity contribution in [1.82, 2.24) is 9.55 Å². The van der Waals surface area contributed by atoms with Gasteiger partial charge in [-0.25, -0.2) is 0 Å². The largest absolute Gasteiger partial charge is 0.406 e. The molecule has 0 unspecified atom stereocenters. The highest BCUT2D eigenvalue weighted by Crippen LogP contribution is 2.27. The SMILES string of the molecule is CSC(C)(C)CNc1c([N+](=O)[O-])nc(C)n1C. The lowest BCUT2D eigenvalue weighted by Gasteiger charge is -2.22. The summed E-state index contributed by atoms with van der Waals surface area (Å²) >= 11 is 1.71. The fourth-order valence-corrected chi connectivity index (χ4v) is 1.50. The van der Waals surface area contributed by atoms with E-state index < -0.39 is 4.92 Å². The van der Waals surface area contributed by atoms with Crippen molar-refractivity contribution in [3.05, 3.63) is 15.9 Å². The summed E-state index contributed by atoms with van der Waals surface area (Å²) in [6, 6.07) is 0. The molecule has 0 atom stereocenters. The maximum atomic E-state index is 10.9. The van der Waals surface area contributed by atoms with Gasteiger partial charge in [0.25, 0.3) is 0 Å². The van der Waals surface area contributed by atoms with Gasteiger partial charge in [-0.1, -0.05) is 0 Å². The minimum Gasteiger partial charge on any atom is -0.363 e. The van der Waals surface area contributed by atoms with Crippen LogP contribution in [0.3, 0.4) is 0 Å². The van der Waals surface area contributed by atoms with Crippen LogP contribution in [0, 0.1) is 17.0 Å². The highest BCUT2D eigenvalue weighted by Gasteiger charge is 2.25. The minimum atomic E-state index is -0.457. The van der Waals surface area contributed by atoms with Gasteiger partial charge < -0.3 is 15.4 Å². The molecule has 0 aromatic carbocycles. The summed E-state index contributed by atoms with van der Waals surface area (Å²) in [5, 5.41) is 14.0. The number of anilines is 1. The standard InChI is InChI=1S/C10H18N4O2S/c1-7-12-9(14(15)16)8(13(7)4)11-6-10(2,3)17-5/h11H,6H2,1-5H3. The third-order valence-corrected chi connectivity index (χ3v) is 3.96. The Morgan fingerprint density at radius 2 is 2.18 bits per heavy atom. The van der Waals surface area contributed by atoms with Gasteiger partial charge >= 0.3 is 5.82 Å². The van der Waals surface area contributed by atoms with Crippen molar-refractivity contribution in [3.63, 3.8) is 0 Å². The molecule has 0 radical (unpaired) electrons. The first kappa shape index (κ1) is 13.8. The van der Waals surface area contributed by atoms with Gasteiger partial charge in [-0.15, -0.1) is 0 Å². The van der Waals surface area contributed by atoms with Crippen molar-refractivity contribution in [2.75, 3.05) is 18.1 Å². The molecule has 0 saturated heterocycles. The third-order valence-electron chi connectivity index (χ3n) is 2.71. The molecule has 1 aromatic rings. The fraction of sp³-hybridized carbons (Fsp3) is 0.700. The highest BCUT2D eigenvalue weighted by atomic mass is 32.2. The van der Waals surface area contributed by atoms with Gasteiger partial charge in [-0.05, 0) is 30.0 Å². The van der Waals surface area contributed by atoms with Gasteiger partial charge in [0, 0.05) is 25.3 Å². The number of nitrogens with zero attached hydrogens (tertiary/aromatic N) is 3.